The number of hydrogen-bond acceptors (Lipinski definition) is 11. The summed E-state index contributed by atoms with van der Waals surface area (Å²) in [6.07, 6.45) is 1.65. The Hall–Kier alpha value is -9.98. The van der Waals surface area contributed by atoms with Gasteiger partial charge in [-0.15, -0.1) is 0 Å². The van der Waals surface area contributed by atoms with Gasteiger partial charge < -0.3 is 50.5 Å². The van der Waals surface area contributed by atoms with Crippen molar-refractivity contribution in [2.45, 2.75) is 115 Å². The van der Waals surface area contributed by atoms with Crippen LogP contribution in [0, 0.1) is 19.7 Å². The molecule has 5 heterocycles. The molecule has 2 aliphatic heterocycles. The highest BCUT2D eigenvalue weighted by molar-refractivity contribution is 5.99. The first-order valence-electron chi connectivity index (χ1n) is 30.0. The van der Waals surface area contributed by atoms with Crippen LogP contribution in [0.15, 0.2) is 157 Å². The Balaban J connectivity index is 0.749. The molecule has 6 aromatic carbocycles. The Morgan fingerprint density at radius 3 is 2.24 bits per heavy atom. The molecule has 454 valence electrons. The van der Waals surface area contributed by atoms with Crippen molar-refractivity contribution in [2.75, 3.05) is 11.9 Å². The van der Waals surface area contributed by atoms with Crippen molar-refractivity contribution in [1.82, 2.24) is 35.8 Å². The van der Waals surface area contributed by atoms with E-state index in [0.717, 1.165) is 44.3 Å². The lowest BCUT2D eigenvalue weighted by Crippen LogP contribution is -2.53. The molecule has 4 amide bonds. The van der Waals surface area contributed by atoms with Gasteiger partial charge in [0.1, 0.15) is 31.1 Å². The predicted octanol–water partition coefficient (Wildman–Crippen LogP) is 10.3. The molecule has 0 saturated heterocycles. The van der Waals surface area contributed by atoms with Gasteiger partial charge in [-0.1, -0.05) is 128 Å². The highest BCUT2D eigenvalue weighted by atomic mass is 19.1. The lowest BCUT2D eigenvalue weighted by Gasteiger charge is -2.37. The van der Waals surface area contributed by atoms with E-state index >= 15 is 4.39 Å². The number of esters is 1. The predicted molar refractivity (Wildman–Crippen MR) is 333 cm³/mol. The fourth-order valence-corrected chi connectivity index (χ4v) is 13.1. The second kappa shape index (κ2) is 24.7. The number of carboxylic acid groups (broad SMARTS) is 1. The molecule has 3 aliphatic rings. The van der Waals surface area contributed by atoms with Crippen molar-refractivity contribution in [3.8, 4) is 11.4 Å². The normalized spacial score (nSPS) is 16.3. The summed E-state index contributed by atoms with van der Waals surface area (Å²) in [5.74, 6) is -2.50. The van der Waals surface area contributed by atoms with Crippen LogP contribution in [0.4, 0.5) is 19.7 Å². The summed E-state index contributed by atoms with van der Waals surface area (Å²) in [5.41, 5.74) is 7.44. The summed E-state index contributed by atoms with van der Waals surface area (Å²) in [6, 6.07) is 43.1. The molecular formula is C70H67FN8O10. The van der Waals surface area contributed by atoms with Gasteiger partial charge in [-0.05, 0) is 128 Å². The number of aryl methyl sites for hydroxylation is 2. The van der Waals surface area contributed by atoms with Crippen molar-refractivity contribution in [3.63, 3.8) is 0 Å². The Labute approximate surface area is 511 Å². The topological polar surface area (TPSA) is 255 Å². The maximum absolute atomic E-state index is 15.6. The van der Waals surface area contributed by atoms with E-state index in [0.29, 0.717) is 82.5 Å². The number of aliphatic hydroxyl groups is 1. The molecule has 3 aromatic heterocycles. The molecule has 0 bridgehead atoms. The fraction of sp³-hybridized carbons (Fsp3) is 0.271. The zero-order valence-corrected chi connectivity index (χ0v) is 49.4. The van der Waals surface area contributed by atoms with Crippen molar-refractivity contribution >= 4 is 57.5 Å². The number of carbonyl (C=O) groups is 5. The van der Waals surface area contributed by atoms with Gasteiger partial charge in [0.2, 0.25) is 11.8 Å². The minimum Gasteiger partial charge on any atom is -0.465 e. The number of amides is 4. The zero-order valence-electron chi connectivity index (χ0n) is 49.4. The van der Waals surface area contributed by atoms with E-state index in [2.05, 4.69) is 87.0 Å². The van der Waals surface area contributed by atoms with Crippen LogP contribution in [-0.4, -0.2) is 73.3 Å². The number of carbonyl (C=O) groups excluding carboxylic acids is 4. The van der Waals surface area contributed by atoms with Crippen LogP contribution >= 0.6 is 0 Å². The number of benzene rings is 6. The first kappa shape index (κ1) is 59.4. The quantitative estimate of drug-likeness (QED) is 0.0202. The molecule has 4 atom stereocenters. The molecule has 89 heavy (non-hydrogen) atoms. The lowest BCUT2D eigenvalue weighted by atomic mass is 9.76. The Morgan fingerprint density at radius 1 is 0.831 bits per heavy atom. The molecule has 2 unspecified atom stereocenters. The fourth-order valence-electron chi connectivity index (χ4n) is 13.1. The van der Waals surface area contributed by atoms with E-state index in [-0.39, 0.29) is 50.1 Å². The van der Waals surface area contributed by atoms with Crippen LogP contribution in [0.3, 0.4) is 0 Å². The number of alkyl carbamates (subject to hydrolysis) is 1. The molecule has 8 N–H and O–H groups in total. The van der Waals surface area contributed by atoms with Crippen molar-refractivity contribution in [3.05, 3.63) is 235 Å². The highest BCUT2D eigenvalue weighted by Crippen LogP contribution is 2.46. The molecule has 12 rings (SSSR count). The third-order valence-electron chi connectivity index (χ3n) is 17.8. The number of anilines is 1. The molecule has 19 heteroatoms. The summed E-state index contributed by atoms with van der Waals surface area (Å²) in [5, 5.41) is 38.1. The standard InChI is InChI=1S/C70H67FN8O10/c1-4-69(87)52-34-59-62-50(37-79(59)65(82)51(52)39-88-66(69)83)61-55(31-30-48-41(3)53(71)35-57(75-62)60(48)61)78-68(86)89-38-42-24-28-47(29-25-42)74-63(80)56(76-64(81)58(77-67(84)85)33-43-36-72-54-20-12-11-19-49(43)54)21-13-14-32-73-70(44-15-7-5-8-16-44,45-17-9-6-10-18-45)46-26-22-40(2)23-27-46/h5-12,15-20,22-29,34-36,55-56,58,72-73,77,87H,4,13-14,21,30-33,37-39H2,1-3H3,(H,74,80)(H,76,81)(H,78,86)(H,84,85)/t55-,56?,58?,69-/m0/s1. The first-order valence-corrected chi connectivity index (χ1v) is 30.0. The summed E-state index contributed by atoms with van der Waals surface area (Å²) >= 11 is 0. The van der Waals surface area contributed by atoms with Gasteiger partial charge in [0.05, 0.1) is 40.6 Å². The number of rotatable bonds is 20. The number of aromatic amines is 1. The van der Waals surface area contributed by atoms with E-state index < -0.39 is 70.6 Å². The summed E-state index contributed by atoms with van der Waals surface area (Å²) < 4.78 is 28.2. The van der Waals surface area contributed by atoms with Gasteiger partial charge in [-0.3, -0.25) is 19.7 Å². The van der Waals surface area contributed by atoms with Crippen molar-refractivity contribution in [2.24, 2.45) is 0 Å². The van der Waals surface area contributed by atoms with E-state index in [1.165, 1.54) is 10.6 Å². The number of ether oxygens (including phenoxy) is 2. The van der Waals surface area contributed by atoms with Crippen LogP contribution in [0.2, 0.25) is 0 Å². The zero-order chi connectivity index (χ0) is 62.1. The van der Waals surface area contributed by atoms with Gasteiger partial charge in [-0.2, -0.15) is 0 Å². The van der Waals surface area contributed by atoms with Crippen LogP contribution < -0.4 is 32.1 Å². The Kier molecular flexibility index (Phi) is 16.4. The van der Waals surface area contributed by atoms with Gasteiger partial charge in [0.25, 0.3) is 5.56 Å². The molecule has 0 spiro atoms. The Morgan fingerprint density at radius 2 is 1.53 bits per heavy atom. The van der Waals surface area contributed by atoms with Crippen molar-refractivity contribution in [1.29, 1.82) is 0 Å². The molecule has 0 radical (unpaired) electrons. The number of fused-ring (bicyclic) bond motifs is 6. The molecule has 18 nitrogen and oxygen atoms in total. The number of nitrogens with zero attached hydrogens (tertiary/aromatic N) is 2. The van der Waals surface area contributed by atoms with Crippen LogP contribution in [0.25, 0.3) is 33.2 Å². The highest BCUT2D eigenvalue weighted by Gasteiger charge is 2.46. The Bertz CT molecular complexity index is 4250. The molecule has 0 saturated carbocycles. The van der Waals surface area contributed by atoms with E-state index in [9.17, 15) is 39.0 Å². The molecule has 9 aromatic rings. The molecule has 0 fully saturated rings. The van der Waals surface area contributed by atoms with Crippen LogP contribution in [0.1, 0.15) is 112 Å². The average molecular weight is 1200 g/mol. The number of nitrogens with one attached hydrogen (secondary N) is 6. The first-order chi connectivity index (χ1) is 43.0. The van der Waals surface area contributed by atoms with Crippen LogP contribution in [-0.2, 0) is 67.6 Å². The number of aromatic nitrogens is 3. The van der Waals surface area contributed by atoms with E-state index in [1.54, 1.807) is 50.4 Å². The largest absolute Gasteiger partial charge is 0.465 e. The number of unbranched alkanes of at least 4 members (excludes halogenated alkanes) is 1. The monoisotopic (exact) mass is 1200 g/mol. The third kappa shape index (κ3) is 11.4. The number of hydrogen-bond donors (Lipinski definition) is 8. The van der Waals surface area contributed by atoms with Crippen molar-refractivity contribution < 1.29 is 48.0 Å². The lowest BCUT2D eigenvalue weighted by molar-refractivity contribution is -0.172. The van der Waals surface area contributed by atoms with E-state index in [1.807, 2.05) is 60.7 Å². The van der Waals surface area contributed by atoms with E-state index in [4.69, 9.17) is 14.5 Å². The summed E-state index contributed by atoms with van der Waals surface area (Å²) in [7, 11) is 0. The smallest absolute Gasteiger partial charge is 0.407 e. The van der Waals surface area contributed by atoms with Gasteiger partial charge in [0, 0.05) is 51.8 Å². The second-order valence-electron chi connectivity index (χ2n) is 23.2. The maximum Gasteiger partial charge on any atom is 0.407 e. The SMILES string of the molecule is CC[C@@]1(O)C(=O)OCc2c1cc1n(c2=O)Cc2c-1nc1cc(F)c(C)c3c1c2[C@@H](NC(=O)OCc1ccc(NC(=O)C(CCCCNC(c2ccccc2)(c2ccccc2)c2ccc(C)cc2)NC(=O)C(Cc2c[nH]c4ccccc24)NC(=O)O)cc1)CC3. The third-order valence-corrected chi connectivity index (χ3v) is 17.8. The van der Waals surface area contributed by atoms with Crippen LogP contribution in [0.5, 0.6) is 0 Å². The minimum atomic E-state index is -2.05. The number of pyridine rings is 2. The summed E-state index contributed by atoms with van der Waals surface area (Å²) in [4.78, 5) is 90.0. The molecule has 1 aliphatic carbocycles. The van der Waals surface area contributed by atoms with Gasteiger partial charge in [0.15, 0.2) is 5.60 Å². The van der Waals surface area contributed by atoms with Gasteiger partial charge >= 0.3 is 18.2 Å². The average Bonchev–Trinajstić information content (AvgIpc) is 1.70. The number of cyclic esters (lactones) is 1. The molecular weight excluding hydrogens is 1130 g/mol. The maximum atomic E-state index is 15.6. The summed E-state index contributed by atoms with van der Waals surface area (Å²) in [6.45, 7) is 5.50. The van der Waals surface area contributed by atoms with Gasteiger partial charge in [-0.25, -0.2) is 23.8 Å². The number of para-hydroxylation sites is 1. The minimum absolute atomic E-state index is 0.0128. The second-order valence-corrected chi connectivity index (χ2v) is 23.2. The number of H-pyrrole nitrogens is 1. The number of halogens is 1.